The van der Waals surface area contributed by atoms with Crippen molar-refractivity contribution in [3.8, 4) is 67.5 Å². The molecule has 0 radical (unpaired) electrons. The van der Waals surface area contributed by atoms with Gasteiger partial charge in [-0.1, -0.05) is 189 Å². The lowest BCUT2D eigenvalue weighted by molar-refractivity contribution is 0.446. The minimum absolute atomic E-state index is 0.0179. The SMILES string of the molecule is CC(C)(C)c1ccc(-c2cc(C(C)(C)C)ccc2-n2c(-c3cc(C(C)(C)C)cc(C(C)(C)C)c3O)nc3c(-c4cc(-c5cc(-c6ccccc6)ccn5)cc(C(C)(C)C)c4)cccc32)cc1. The van der Waals surface area contributed by atoms with Gasteiger partial charge >= 0.3 is 0 Å². The Kier molecular flexibility index (Phi) is 11.6. The van der Waals surface area contributed by atoms with Crippen LogP contribution in [0.5, 0.6) is 5.75 Å². The number of pyridine rings is 1. The minimum Gasteiger partial charge on any atom is -0.507 e. The molecule has 0 spiro atoms. The standard InChI is InChI=1S/C62H69N3O/c1-58(2,3)44-26-24-40(25-27-44)49-36-45(59(4,5)6)28-29-53(49)65-54-23-19-22-48(55(54)64-57(65)50-37-47(61(10,11)12)38-51(56(50)66)62(13,14)15)42-32-43(34-46(33-42)60(7,8)9)52-35-41(30-31-63-52)39-20-17-16-18-21-39/h16-38,66H,1-15H3. The maximum Gasteiger partial charge on any atom is 0.149 e. The van der Waals surface area contributed by atoms with Gasteiger partial charge in [0.05, 0.1) is 28.0 Å². The molecule has 0 atom stereocenters. The first kappa shape index (κ1) is 46.3. The number of aromatic nitrogens is 3. The fourth-order valence-electron chi connectivity index (χ4n) is 8.91. The smallest absolute Gasteiger partial charge is 0.149 e. The number of imidazole rings is 1. The predicted molar refractivity (Wildman–Crippen MR) is 281 cm³/mol. The first-order chi connectivity index (χ1) is 30.8. The number of hydrogen-bond acceptors (Lipinski definition) is 3. The van der Waals surface area contributed by atoms with E-state index in [0.29, 0.717) is 5.82 Å². The van der Waals surface area contributed by atoms with Gasteiger partial charge in [0, 0.05) is 28.5 Å². The first-order valence-corrected chi connectivity index (χ1v) is 23.6. The van der Waals surface area contributed by atoms with Gasteiger partial charge in [-0.3, -0.25) is 9.55 Å². The van der Waals surface area contributed by atoms with Crippen LogP contribution in [0.25, 0.3) is 72.7 Å². The Labute approximate surface area is 394 Å². The summed E-state index contributed by atoms with van der Waals surface area (Å²) in [7, 11) is 0. The highest BCUT2D eigenvalue weighted by atomic mass is 16.3. The molecule has 8 aromatic rings. The van der Waals surface area contributed by atoms with Crippen LogP contribution < -0.4 is 0 Å². The summed E-state index contributed by atoms with van der Waals surface area (Å²) in [6.45, 7) is 33.7. The van der Waals surface area contributed by atoms with E-state index in [4.69, 9.17) is 9.97 Å². The van der Waals surface area contributed by atoms with Gasteiger partial charge in [-0.25, -0.2) is 4.98 Å². The Morgan fingerprint density at radius 2 is 1.00 bits per heavy atom. The van der Waals surface area contributed by atoms with Crippen LogP contribution in [-0.2, 0) is 27.1 Å². The molecule has 0 bridgehead atoms. The first-order valence-electron chi connectivity index (χ1n) is 23.6. The van der Waals surface area contributed by atoms with Crippen molar-refractivity contribution in [3.05, 3.63) is 167 Å². The summed E-state index contributed by atoms with van der Waals surface area (Å²) >= 11 is 0. The van der Waals surface area contributed by atoms with Crippen molar-refractivity contribution in [1.82, 2.24) is 14.5 Å². The highest BCUT2D eigenvalue weighted by Gasteiger charge is 2.30. The van der Waals surface area contributed by atoms with Crippen LogP contribution in [0.4, 0.5) is 0 Å². The number of para-hydroxylation sites is 1. The average molecular weight is 872 g/mol. The van der Waals surface area contributed by atoms with Gasteiger partial charge < -0.3 is 5.11 Å². The second-order valence-electron chi connectivity index (χ2n) is 23.5. The predicted octanol–water partition coefficient (Wildman–Crippen LogP) is 16.9. The van der Waals surface area contributed by atoms with Gasteiger partial charge in [-0.2, -0.15) is 0 Å². The van der Waals surface area contributed by atoms with E-state index in [-0.39, 0.29) is 32.8 Å². The molecule has 1 N–H and O–H groups in total. The average Bonchev–Trinajstić information content (AvgIpc) is 3.64. The van der Waals surface area contributed by atoms with Gasteiger partial charge in [0.2, 0.25) is 0 Å². The number of nitrogens with zero attached hydrogens (tertiary/aromatic N) is 3. The number of fused-ring (bicyclic) bond motifs is 1. The molecule has 338 valence electrons. The normalized spacial score (nSPS) is 12.8. The van der Waals surface area contributed by atoms with Gasteiger partial charge in [0.1, 0.15) is 11.6 Å². The lowest BCUT2D eigenvalue weighted by Gasteiger charge is -2.28. The molecule has 0 aliphatic carbocycles. The number of phenols is 1. The highest BCUT2D eigenvalue weighted by Crippen LogP contribution is 2.46. The molecule has 0 amide bonds. The molecule has 66 heavy (non-hydrogen) atoms. The summed E-state index contributed by atoms with van der Waals surface area (Å²) in [4.78, 5) is 10.7. The zero-order valence-corrected chi connectivity index (χ0v) is 42.1. The quantitative estimate of drug-likeness (QED) is 0.181. The Hall–Kier alpha value is -6.26. The molecule has 4 nitrogen and oxygen atoms in total. The molecule has 2 heterocycles. The molecule has 0 aliphatic rings. The van der Waals surface area contributed by atoms with E-state index in [1.807, 2.05) is 6.20 Å². The molecule has 0 fully saturated rings. The van der Waals surface area contributed by atoms with Gasteiger partial charge in [-0.05, 0) is 120 Å². The van der Waals surface area contributed by atoms with Gasteiger partial charge in [0.15, 0.2) is 0 Å². The van der Waals surface area contributed by atoms with Crippen molar-refractivity contribution in [1.29, 1.82) is 0 Å². The lowest BCUT2D eigenvalue weighted by atomic mass is 9.79. The molecule has 4 heteroatoms. The molecular weight excluding hydrogens is 803 g/mol. The molecule has 0 unspecified atom stereocenters. The second kappa shape index (κ2) is 16.6. The van der Waals surface area contributed by atoms with Crippen molar-refractivity contribution in [2.24, 2.45) is 0 Å². The Morgan fingerprint density at radius 1 is 0.409 bits per heavy atom. The summed E-state index contributed by atoms with van der Waals surface area (Å²) in [5.41, 5.74) is 17.2. The fraction of sp³-hybridized carbons (Fsp3) is 0.323. The van der Waals surface area contributed by atoms with E-state index in [2.05, 4.69) is 242 Å². The van der Waals surface area contributed by atoms with Crippen molar-refractivity contribution in [2.75, 3.05) is 0 Å². The van der Waals surface area contributed by atoms with E-state index in [0.717, 1.165) is 78.0 Å². The van der Waals surface area contributed by atoms with E-state index in [9.17, 15) is 5.11 Å². The number of phenolic OH excluding ortho intramolecular Hbond substituents is 1. The molecule has 0 saturated carbocycles. The maximum atomic E-state index is 12.6. The van der Waals surface area contributed by atoms with E-state index >= 15 is 0 Å². The van der Waals surface area contributed by atoms with Crippen LogP contribution >= 0.6 is 0 Å². The van der Waals surface area contributed by atoms with Crippen LogP contribution in [0.15, 0.2) is 140 Å². The van der Waals surface area contributed by atoms with Crippen molar-refractivity contribution >= 4 is 11.0 Å². The topological polar surface area (TPSA) is 50.9 Å². The highest BCUT2D eigenvalue weighted by molar-refractivity contribution is 5.98. The third kappa shape index (κ3) is 9.12. The summed E-state index contributed by atoms with van der Waals surface area (Å²) in [6, 6.07) is 48.6. The van der Waals surface area contributed by atoms with Crippen molar-refractivity contribution in [3.63, 3.8) is 0 Å². The van der Waals surface area contributed by atoms with Crippen LogP contribution in [0.1, 0.15) is 132 Å². The van der Waals surface area contributed by atoms with Crippen molar-refractivity contribution in [2.45, 2.75) is 131 Å². The molecule has 2 aromatic heterocycles. The molecule has 8 rings (SSSR count). The van der Waals surface area contributed by atoms with Crippen LogP contribution in [0, 0.1) is 0 Å². The molecule has 0 aliphatic heterocycles. The Bertz CT molecular complexity index is 3080. The molecular formula is C62H69N3O. The number of aromatic hydroxyl groups is 1. The number of benzene rings is 6. The third-order valence-corrected chi connectivity index (χ3v) is 13.1. The summed E-state index contributed by atoms with van der Waals surface area (Å²) in [6.07, 6.45) is 1.92. The monoisotopic (exact) mass is 872 g/mol. The van der Waals surface area contributed by atoms with E-state index < -0.39 is 0 Å². The zero-order valence-electron chi connectivity index (χ0n) is 42.1. The summed E-state index contributed by atoms with van der Waals surface area (Å²) in [5, 5.41) is 12.6. The number of hydrogen-bond donors (Lipinski definition) is 1. The Balaban J connectivity index is 1.47. The maximum absolute atomic E-state index is 12.6. The fourth-order valence-corrected chi connectivity index (χ4v) is 8.91. The second-order valence-corrected chi connectivity index (χ2v) is 23.5. The van der Waals surface area contributed by atoms with Gasteiger partial charge in [0.25, 0.3) is 0 Å². The van der Waals surface area contributed by atoms with Gasteiger partial charge in [-0.15, -0.1) is 0 Å². The summed E-state index contributed by atoms with van der Waals surface area (Å²) in [5.74, 6) is 0.962. The van der Waals surface area contributed by atoms with Crippen LogP contribution in [0.3, 0.4) is 0 Å². The summed E-state index contributed by atoms with van der Waals surface area (Å²) < 4.78 is 2.31. The lowest BCUT2D eigenvalue weighted by Crippen LogP contribution is -2.17. The van der Waals surface area contributed by atoms with Crippen LogP contribution in [0.2, 0.25) is 0 Å². The van der Waals surface area contributed by atoms with Crippen molar-refractivity contribution < 1.29 is 5.11 Å². The van der Waals surface area contributed by atoms with Crippen LogP contribution in [-0.4, -0.2) is 19.6 Å². The third-order valence-electron chi connectivity index (χ3n) is 13.1. The molecule has 6 aromatic carbocycles. The number of rotatable bonds is 6. The Morgan fingerprint density at radius 3 is 1.62 bits per heavy atom. The zero-order chi connectivity index (χ0) is 47.7. The van der Waals surface area contributed by atoms with E-state index in [1.54, 1.807) is 0 Å². The molecule has 0 saturated heterocycles. The van der Waals surface area contributed by atoms with E-state index in [1.165, 1.54) is 16.7 Å². The largest absolute Gasteiger partial charge is 0.507 e. The minimum atomic E-state index is -0.327.